The number of aliphatic imine (C=N–C) groups is 1. The molecule has 0 aromatic heterocycles. The van der Waals surface area contributed by atoms with Gasteiger partial charge in [0, 0.05) is 18.3 Å². The molecule has 106 valence electrons. The lowest BCUT2D eigenvalue weighted by molar-refractivity contribution is -0.384. The minimum absolute atomic E-state index is 0.0422. The number of non-ortho nitro benzene ring substituents is 1. The quantitative estimate of drug-likeness (QED) is 0.268. The third kappa shape index (κ3) is 2.25. The average molecular weight is 309 g/mol. The number of benzene rings is 1. The van der Waals surface area contributed by atoms with Crippen molar-refractivity contribution < 1.29 is 9.72 Å². The molecular weight excluding hydrogens is 294 g/mol. The maximum atomic E-state index is 12.0. The predicted octanol–water partition coefficient (Wildman–Crippen LogP) is 0.584. The number of carbonyl (C=O) groups is 1. The maximum Gasteiger partial charge on any atom is 0.269 e. The Morgan fingerprint density at radius 2 is 2.10 bits per heavy atom. The molecule has 2 rings (SSSR count). The molecule has 1 aliphatic heterocycles. The summed E-state index contributed by atoms with van der Waals surface area (Å²) in [6.07, 6.45) is 3.49. The van der Waals surface area contributed by atoms with Crippen LogP contribution in [0.1, 0.15) is 12.5 Å². The predicted molar refractivity (Wildman–Crippen MR) is 83.2 cm³/mol. The second kappa shape index (κ2) is 5.37. The van der Waals surface area contributed by atoms with Crippen LogP contribution in [0.2, 0.25) is 0 Å². The number of amides is 1. The van der Waals surface area contributed by atoms with E-state index < -0.39 is 9.79 Å². The Morgan fingerprint density at radius 1 is 1.50 bits per heavy atom. The average Bonchev–Trinajstić information content (AvgIpc) is 2.47. The van der Waals surface area contributed by atoms with Crippen LogP contribution in [-0.4, -0.2) is 49.2 Å². The summed E-state index contributed by atoms with van der Waals surface area (Å²) in [5, 5.41) is 10.6. The van der Waals surface area contributed by atoms with Gasteiger partial charge in [0.15, 0.2) is 0 Å². The van der Waals surface area contributed by atoms with Gasteiger partial charge in [0.1, 0.15) is 10.4 Å². The fourth-order valence-electron chi connectivity index (χ4n) is 2.13. The number of nitro benzene ring substituents is 1. The van der Waals surface area contributed by atoms with Gasteiger partial charge in [0.25, 0.3) is 11.6 Å². The molecule has 6 nitrogen and oxygen atoms in total. The SMILES string of the molecule is CSC1(N=Cc2ccc([N+](=O)[O-])cc2)C(=O)N([SiH3])C1C. The van der Waals surface area contributed by atoms with Crippen molar-refractivity contribution in [1.82, 2.24) is 4.57 Å². The van der Waals surface area contributed by atoms with Crippen LogP contribution in [0.15, 0.2) is 29.3 Å². The summed E-state index contributed by atoms with van der Waals surface area (Å²) in [4.78, 5) is 25.9. The molecule has 1 aromatic rings. The number of thioether (sulfide) groups is 1. The summed E-state index contributed by atoms with van der Waals surface area (Å²) in [6.45, 7) is 1.98. The molecule has 2 atom stereocenters. The van der Waals surface area contributed by atoms with Crippen LogP contribution >= 0.6 is 11.8 Å². The fraction of sp³-hybridized carbons (Fsp3) is 0.333. The lowest BCUT2D eigenvalue weighted by Crippen LogP contribution is -2.69. The van der Waals surface area contributed by atoms with Crippen molar-refractivity contribution in [2.75, 3.05) is 6.26 Å². The molecule has 0 bridgehead atoms. The second-order valence-corrected chi connectivity index (χ2v) is 6.59. The lowest BCUT2D eigenvalue weighted by Gasteiger charge is -2.50. The molecular formula is C12H15N3O3SSi. The fourth-order valence-corrected chi connectivity index (χ4v) is 4.17. The lowest BCUT2D eigenvalue weighted by atomic mass is 10.0. The Bertz CT molecular complexity index is 578. The van der Waals surface area contributed by atoms with Crippen LogP contribution in [-0.2, 0) is 4.79 Å². The monoisotopic (exact) mass is 309 g/mol. The second-order valence-electron chi connectivity index (χ2n) is 4.60. The molecule has 0 spiro atoms. The van der Waals surface area contributed by atoms with Crippen LogP contribution in [0.3, 0.4) is 0 Å². The first kappa shape index (κ1) is 14.7. The van der Waals surface area contributed by atoms with Gasteiger partial charge in [-0.05, 0) is 30.9 Å². The van der Waals surface area contributed by atoms with Crippen LogP contribution in [0.5, 0.6) is 0 Å². The summed E-state index contributed by atoms with van der Waals surface area (Å²) < 4.78 is 1.80. The molecule has 8 heteroatoms. The third-order valence-electron chi connectivity index (χ3n) is 3.59. The normalized spacial score (nSPS) is 26.0. The smallest absolute Gasteiger partial charge is 0.269 e. The van der Waals surface area contributed by atoms with E-state index in [4.69, 9.17) is 0 Å². The van der Waals surface area contributed by atoms with Crippen LogP contribution < -0.4 is 0 Å². The van der Waals surface area contributed by atoms with Gasteiger partial charge in [-0.2, -0.15) is 0 Å². The number of nitrogens with zero attached hydrogens (tertiary/aromatic N) is 3. The van der Waals surface area contributed by atoms with E-state index in [0.717, 1.165) is 5.56 Å². The Hall–Kier alpha value is -1.67. The van der Waals surface area contributed by atoms with Gasteiger partial charge in [-0.25, -0.2) is 0 Å². The molecule has 1 heterocycles. The first-order chi connectivity index (χ1) is 9.42. The van der Waals surface area contributed by atoms with Crippen molar-refractivity contribution in [3.8, 4) is 0 Å². The van der Waals surface area contributed by atoms with Crippen molar-refractivity contribution in [2.24, 2.45) is 4.99 Å². The summed E-state index contributed by atoms with van der Waals surface area (Å²) in [5.41, 5.74) is 0.788. The Kier molecular flexibility index (Phi) is 3.96. The first-order valence-corrected chi connectivity index (χ1v) is 8.16. The number of hydrogen-bond donors (Lipinski definition) is 0. The van der Waals surface area contributed by atoms with Gasteiger partial charge in [-0.15, -0.1) is 11.8 Å². The van der Waals surface area contributed by atoms with E-state index in [-0.39, 0.29) is 17.6 Å². The van der Waals surface area contributed by atoms with Crippen LogP contribution in [0, 0.1) is 10.1 Å². The zero-order valence-corrected chi connectivity index (χ0v) is 14.3. The van der Waals surface area contributed by atoms with Crippen molar-refractivity contribution in [3.63, 3.8) is 0 Å². The van der Waals surface area contributed by atoms with E-state index in [1.807, 2.05) is 13.2 Å². The Labute approximate surface area is 123 Å². The molecule has 0 N–H and O–H groups in total. The zero-order valence-electron chi connectivity index (χ0n) is 11.4. The van der Waals surface area contributed by atoms with E-state index >= 15 is 0 Å². The number of hydrogen-bond acceptors (Lipinski definition) is 5. The van der Waals surface area contributed by atoms with E-state index in [9.17, 15) is 14.9 Å². The van der Waals surface area contributed by atoms with Gasteiger partial charge in [0.2, 0.25) is 4.87 Å². The number of carbonyl (C=O) groups excluding carboxylic acids is 1. The Balaban J connectivity index is 2.20. The van der Waals surface area contributed by atoms with E-state index in [1.165, 1.54) is 23.9 Å². The van der Waals surface area contributed by atoms with E-state index in [2.05, 4.69) is 4.99 Å². The third-order valence-corrected chi connectivity index (χ3v) is 6.02. The van der Waals surface area contributed by atoms with Gasteiger partial charge in [-0.3, -0.25) is 19.9 Å². The maximum absolute atomic E-state index is 12.0. The first-order valence-electron chi connectivity index (χ1n) is 6.04. The highest BCUT2D eigenvalue weighted by atomic mass is 32.2. The standard InChI is InChI=1S/C12H15N3O3SSi/c1-8-12(19-2,11(16)14(8)20)13-7-9-3-5-10(6-4-9)15(17)18/h3-8H,1-2,20H3. The summed E-state index contributed by atoms with van der Waals surface area (Å²) in [5.74, 6) is 0.0438. The number of β-lactam (4-membered cyclic amide) rings is 1. The highest BCUT2D eigenvalue weighted by Crippen LogP contribution is 2.41. The molecule has 2 unspecified atom stereocenters. The molecule has 0 aliphatic carbocycles. The van der Waals surface area contributed by atoms with Gasteiger partial charge < -0.3 is 4.57 Å². The molecule has 1 fully saturated rings. The van der Waals surface area contributed by atoms with Crippen LogP contribution in [0.4, 0.5) is 5.69 Å². The van der Waals surface area contributed by atoms with E-state index in [1.54, 1.807) is 22.9 Å². The topological polar surface area (TPSA) is 75.8 Å². The summed E-state index contributed by atoms with van der Waals surface area (Å²) >= 11 is 1.43. The molecule has 1 aromatic carbocycles. The van der Waals surface area contributed by atoms with Crippen LogP contribution in [0.25, 0.3) is 0 Å². The van der Waals surface area contributed by atoms with Gasteiger partial charge >= 0.3 is 0 Å². The minimum Gasteiger partial charge on any atom is -0.369 e. The molecule has 1 amide bonds. The molecule has 1 aliphatic rings. The summed E-state index contributed by atoms with van der Waals surface area (Å²) in [6, 6.07) is 6.20. The summed E-state index contributed by atoms with van der Waals surface area (Å²) in [7, 11) is 0.695. The molecule has 1 saturated heterocycles. The van der Waals surface area contributed by atoms with Crippen molar-refractivity contribution in [2.45, 2.75) is 17.8 Å². The highest BCUT2D eigenvalue weighted by Gasteiger charge is 2.56. The largest absolute Gasteiger partial charge is 0.369 e. The van der Waals surface area contributed by atoms with Crippen molar-refractivity contribution in [3.05, 3.63) is 39.9 Å². The molecule has 0 radical (unpaired) electrons. The van der Waals surface area contributed by atoms with Crippen molar-refractivity contribution >= 4 is 40.0 Å². The van der Waals surface area contributed by atoms with Gasteiger partial charge in [-0.1, -0.05) is 0 Å². The van der Waals surface area contributed by atoms with Crippen molar-refractivity contribution in [1.29, 1.82) is 0 Å². The zero-order chi connectivity index (χ0) is 14.9. The Morgan fingerprint density at radius 3 is 2.55 bits per heavy atom. The minimum atomic E-state index is -0.733. The number of rotatable bonds is 4. The molecule has 0 saturated carbocycles. The van der Waals surface area contributed by atoms with E-state index in [0.29, 0.717) is 10.4 Å². The van der Waals surface area contributed by atoms with Gasteiger partial charge in [0.05, 0.1) is 11.0 Å². The molecule has 20 heavy (non-hydrogen) atoms. The number of nitro groups is 1. The highest BCUT2D eigenvalue weighted by molar-refractivity contribution is 8.00.